The number of hydrogen-bond donors (Lipinski definition) is 0. The van der Waals surface area contributed by atoms with E-state index in [-0.39, 0.29) is 5.92 Å². The van der Waals surface area contributed by atoms with Crippen LogP contribution in [0.25, 0.3) is 0 Å². The number of rotatable bonds is 9. The fourth-order valence-corrected chi connectivity index (χ4v) is 5.92. The van der Waals surface area contributed by atoms with Crippen LogP contribution < -0.4 is 4.74 Å². The molecule has 0 amide bonds. The summed E-state index contributed by atoms with van der Waals surface area (Å²) in [5.41, 5.74) is 6.27. The molecule has 1 saturated carbocycles. The summed E-state index contributed by atoms with van der Waals surface area (Å²) in [4.78, 5) is 0. The van der Waals surface area contributed by atoms with Gasteiger partial charge in [-0.05, 0) is 87.1 Å². The van der Waals surface area contributed by atoms with E-state index in [1.807, 2.05) is 0 Å². The molecule has 2 unspecified atom stereocenters. The van der Waals surface area contributed by atoms with E-state index < -0.39 is 0 Å². The van der Waals surface area contributed by atoms with Crippen LogP contribution in [0.15, 0.2) is 65.8 Å². The maximum Gasteiger partial charge on any atom is 0.119 e. The topological polar surface area (TPSA) is 24.8 Å². The lowest BCUT2D eigenvalue weighted by atomic mass is 9.79. The standard InChI is InChI=1S/C31H42N2O/c1-22(2)10-9-11-25-14-16-26(17-15-25)21-33-24(4)30(28-18-23(3)19-29(20-28)34-5)31(32-33)27-12-7-6-8-13-27/h6-8,12-13,18-20,24-26,30H,1,9-11,14-17,21H2,2-5H3. The van der Waals surface area contributed by atoms with Gasteiger partial charge in [0.25, 0.3) is 0 Å². The Hall–Kier alpha value is -2.55. The van der Waals surface area contributed by atoms with Crippen molar-refractivity contribution < 1.29 is 4.74 Å². The van der Waals surface area contributed by atoms with Crippen molar-refractivity contribution in [2.24, 2.45) is 16.9 Å². The van der Waals surface area contributed by atoms with Gasteiger partial charge in [-0.2, -0.15) is 5.10 Å². The number of nitrogens with zero attached hydrogens (tertiary/aromatic N) is 2. The number of benzene rings is 2. The molecule has 0 spiro atoms. The predicted molar refractivity (Wildman–Crippen MR) is 144 cm³/mol. The van der Waals surface area contributed by atoms with Gasteiger partial charge in [0.15, 0.2) is 0 Å². The number of allylic oxidation sites excluding steroid dienone is 1. The van der Waals surface area contributed by atoms with Crippen LogP contribution in [0.5, 0.6) is 5.75 Å². The van der Waals surface area contributed by atoms with Crippen LogP contribution in [-0.4, -0.2) is 30.4 Å². The van der Waals surface area contributed by atoms with Crippen molar-refractivity contribution in [1.29, 1.82) is 0 Å². The van der Waals surface area contributed by atoms with Crippen LogP contribution in [0.1, 0.15) is 81.4 Å². The largest absolute Gasteiger partial charge is 0.497 e. The van der Waals surface area contributed by atoms with Gasteiger partial charge in [-0.15, -0.1) is 6.58 Å². The van der Waals surface area contributed by atoms with Crippen LogP contribution in [0.4, 0.5) is 0 Å². The monoisotopic (exact) mass is 458 g/mol. The average Bonchev–Trinajstić information content (AvgIpc) is 3.16. The first-order valence-corrected chi connectivity index (χ1v) is 13.1. The Balaban J connectivity index is 1.48. The zero-order valence-electron chi connectivity index (χ0n) is 21.6. The molecule has 1 heterocycles. The molecule has 0 saturated heterocycles. The highest BCUT2D eigenvalue weighted by Crippen LogP contribution is 2.39. The Morgan fingerprint density at radius 1 is 1.06 bits per heavy atom. The zero-order chi connectivity index (χ0) is 24.1. The summed E-state index contributed by atoms with van der Waals surface area (Å²) >= 11 is 0. The molecule has 0 radical (unpaired) electrons. The molecule has 34 heavy (non-hydrogen) atoms. The van der Waals surface area contributed by atoms with Crippen LogP contribution in [0.2, 0.25) is 0 Å². The van der Waals surface area contributed by atoms with Crippen molar-refractivity contribution in [1.82, 2.24) is 5.01 Å². The van der Waals surface area contributed by atoms with Crippen LogP contribution in [0.3, 0.4) is 0 Å². The van der Waals surface area contributed by atoms with Crippen LogP contribution in [0, 0.1) is 18.8 Å². The summed E-state index contributed by atoms with van der Waals surface area (Å²) in [5.74, 6) is 2.82. The van der Waals surface area contributed by atoms with E-state index in [9.17, 15) is 0 Å². The first-order chi connectivity index (χ1) is 16.4. The quantitative estimate of drug-likeness (QED) is 0.359. The van der Waals surface area contributed by atoms with Gasteiger partial charge in [0, 0.05) is 6.54 Å². The minimum Gasteiger partial charge on any atom is -0.497 e. The zero-order valence-corrected chi connectivity index (χ0v) is 21.6. The smallest absolute Gasteiger partial charge is 0.119 e. The SMILES string of the molecule is C=C(C)CCCC1CCC(CN2N=C(c3ccccc3)C(c3cc(C)cc(OC)c3)C2C)CC1. The van der Waals surface area contributed by atoms with E-state index in [2.05, 4.69) is 80.9 Å². The van der Waals surface area contributed by atoms with Crippen LogP contribution >= 0.6 is 0 Å². The van der Waals surface area contributed by atoms with E-state index in [1.54, 1.807) is 7.11 Å². The third kappa shape index (κ3) is 5.92. The third-order valence-electron chi connectivity index (χ3n) is 7.85. The molecule has 2 aromatic rings. The van der Waals surface area contributed by atoms with Gasteiger partial charge in [0.05, 0.1) is 24.8 Å². The van der Waals surface area contributed by atoms with Gasteiger partial charge < -0.3 is 4.74 Å². The Bertz CT molecular complexity index is 988. The predicted octanol–water partition coefficient (Wildman–Crippen LogP) is 7.75. The molecular formula is C31H42N2O. The molecule has 2 aliphatic rings. The van der Waals surface area contributed by atoms with Crippen molar-refractivity contribution in [2.45, 2.75) is 77.7 Å². The number of hydrazone groups is 1. The van der Waals surface area contributed by atoms with E-state index >= 15 is 0 Å². The second-order valence-corrected chi connectivity index (χ2v) is 10.7. The summed E-state index contributed by atoms with van der Waals surface area (Å²) < 4.78 is 5.61. The number of aryl methyl sites for hydroxylation is 1. The molecular weight excluding hydrogens is 416 g/mol. The first kappa shape index (κ1) is 24.6. The van der Waals surface area contributed by atoms with Crippen molar-refractivity contribution in [2.75, 3.05) is 13.7 Å². The van der Waals surface area contributed by atoms with Crippen molar-refractivity contribution in [3.8, 4) is 5.75 Å². The van der Waals surface area contributed by atoms with Gasteiger partial charge in [0.1, 0.15) is 5.75 Å². The minimum absolute atomic E-state index is 0.245. The molecule has 0 bridgehead atoms. The molecule has 0 aromatic heterocycles. The molecule has 1 aliphatic heterocycles. The molecule has 4 rings (SSSR count). The fourth-order valence-electron chi connectivity index (χ4n) is 5.92. The lowest BCUT2D eigenvalue weighted by Gasteiger charge is -2.33. The highest BCUT2D eigenvalue weighted by Gasteiger charge is 2.37. The molecule has 182 valence electrons. The van der Waals surface area contributed by atoms with E-state index in [4.69, 9.17) is 9.84 Å². The molecule has 2 aromatic carbocycles. The average molecular weight is 459 g/mol. The lowest BCUT2D eigenvalue weighted by molar-refractivity contribution is 0.156. The molecule has 2 atom stereocenters. The second-order valence-electron chi connectivity index (χ2n) is 10.7. The maximum absolute atomic E-state index is 5.61. The maximum atomic E-state index is 5.61. The van der Waals surface area contributed by atoms with Gasteiger partial charge in [-0.25, -0.2) is 0 Å². The summed E-state index contributed by atoms with van der Waals surface area (Å²) in [6.07, 6.45) is 9.27. The Morgan fingerprint density at radius 2 is 1.76 bits per heavy atom. The summed E-state index contributed by atoms with van der Waals surface area (Å²) in [6.45, 7) is 11.8. The van der Waals surface area contributed by atoms with E-state index in [1.165, 1.54) is 72.9 Å². The molecule has 1 aliphatic carbocycles. The number of methoxy groups -OCH3 is 1. The normalized spacial score (nSPS) is 24.7. The van der Waals surface area contributed by atoms with Gasteiger partial charge in [0.2, 0.25) is 0 Å². The summed E-state index contributed by atoms with van der Waals surface area (Å²) in [6, 6.07) is 17.7. The van der Waals surface area contributed by atoms with Crippen molar-refractivity contribution in [3.63, 3.8) is 0 Å². The number of hydrogen-bond acceptors (Lipinski definition) is 3. The van der Waals surface area contributed by atoms with E-state index in [0.29, 0.717) is 6.04 Å². The molecule has 3 nitrogen and oxygen atoms in total. The van der Waals surface area contributed by atoms with Crippen molar-refractivity contribution >= 4 is 5.71 Å². The van der Waals surface area contributed by atoms with Gasteiger partial charge in [-0.1, -0.05) is 61.2 Å². The second kappa shape index (κ2) is 11.3. The minimum atomic E-state index is 0.245. The van der Waals surface area contributed by atoms with Gasteiger partial charge in [-0.3, -0.25) is 5.01 Å². The Labute approximate surface area is 206 Å². The third-order valence-corrected chi connectivity index (χ3v) is 7.85. The number of ether oxygens (including phenoxy) is 1. The van der Waals surface area contributed by atoms with Crippen LogP contribution in [-0.2, 0) is 0 Å². The summed E-state index contributed by atoms with van der Waals surface area (Å²) in [7, 11) is 1.75. The Kier molecular flexibility index (Phi) is 8.13. The highest BCUT2D eigenvalue weighted by atomic mass is 16.5. The Morgan fingerprint density at radius 3 is 2.44 bits per heavy atom. The first-order valence-electron chi connectivity index (χ1n) is 13.1. The molecule has 1 fully saturated rings. The molecule has 0 N–H and O–H groups in total. The highest BCUT2D eigenvalue weighted by molar-refractivity contribution is 6.06. The van der Waals surface area contributed by atoms with Crippen molar-refractivity contribution in [3.05, 3.63) is 77.4 Å². The molecule has 3 heteroatoms. The lowest BCUT2D eigenvalue weighted by Crippen LogP contribution is -2.34. The summed E-state index contributed by atoms with van der Waals surface area (Å²) in [5, 5.41) is 7.66. The van der Waals surface area contributed by atoms with E-state index in [0.717, 1.165) is 24.1 Å². The fraction of sp³-hybridized carbons (Fsp3) is 0.516. The van der Waals surface area contributed by atoms with Gasteiger partial charge >= 0.3 is 0 Å².